The molecule has 0 spiro atoms. The molecule has 0 fully saturated rings. The van der Waals surface area contributed by atoms with Crippen LogP contribution in [0.2, 0.25) is 0 Å². The minimum Gasteiger partial charge on any atom is -0.125 e. The third kappa shape index (κ3) is 27.4. The molecule has 0 aromatic heterocycles. The summed E-state index contributed by atoms with van der Waals surface area (Å²) < 4.78 is 0. The van der Waals surface area contributed by atoms with E-state index < -0.39 is 0 Å². The van der Waals surface area contributed by atoms with Gasteiger partial charge in [0.15, 0.2) is 0 Å². The minimum absolute atomic E-state index is 0. The van der Waals surface area contributed by atoms with Crippen molar-refractivity contribution < 1.29 is 0 Å². The Kier molecular flexibility index (Phi) is 30.3. The lowest BCUT2D eigenvalue weighted by atomic mass is 10.1. The predicted octanol–water partition coefficient (Wildman–Crippen LogP) is 10.2. The summed E-state index contributed by atoms with van der Waals surface area (Å²) in [6.45, 7) is 19.9. The number of hydrogen-bond acceptors (Lipinski definition) is 0. The Morgan fingerprint density at radius 2 is 1.37 bits per heavy atom. The van der Waals surface area contributed by atoms with E-state index in [4.69, 9.17) is 0 Å². The zero-order chi connectivity index (χ0) is 21.6. The standard InChI is InChI=1S/C15H22.C13H16.2CH4/c1-12(2)14(5)10-8-7-9-11-15(6)13(3)4;1-3-5-7-9-11-13-12-10-8-6-4-2;;/h7-11H,1H2,2-6H3;3-4,7-13H,1,5H2,2H3;2*1H4/b8-7?,11-9?,14-10-;9-7-,12-10?,13-11?;;. The maximum absolute atomic E-state index is 3.88. The monoisotopic (exact) mass is 406 g/mol. The maximum atomic E-state index is 3.88. The highest BCUT2D eigenvalue weighted by Gasteiger charge is 1.84. The molecule has 0 heterocycles. The lowest BCUT2D eigenvalue weighted by Crippen LogP contribution is -1.73. The van der Waals surface area contributed by atoms with Crippen molar-refractivity contribution >= 4 is 0 Å². The van der Waals surface area contributed by atoms with Crippen LogP contribution in [0.5, 0.6) is 0 Å². The van der Waals surface area contributed by atoms with E-state index in [1.54, 1.807) is 0 Å². The van der Waals surface area contributed by atoms with Gasteiger partial charge in [-0.05, 0) is 65.7 Å². The van der Waals surface area contributed by atoms with Crippen LogP contribution in [0.3, 0.4) is 0 Å². The fraction of sp³-hybridized carbons (Fsp3) is 0.300. The molecule has 0 aliphatic rings. The molecule has 0 bridgehead atoms. The molecule has 0 amide bonds. The molecule has 0 rings (SSSR count). The lowest BCUT2D eigenvalue weighted by Gasteiger charge is -1.94. The Labute approximate surface area is 189 Å². The van der Waals surface area contributed by atoms with Crippen LogP contribution in [-0.4, -0.2) is 0 Å². The van der Waals surface area contributed by atoms with Crippen LogP contribution in [0.1, 0.15) is 62.8 Å². The summed E-state index contributed by atoms with van der Waals surface area (Å²) in [7, 11) is 0. The van der Waals surface area contributed by atoms with E-state index in [1.807, 2.05) is 74.6 Å². The Morgan fingerprint density at radius 3 is 1.90 bits per heavy atom. The number of hydrogen-bond donors (Lipinski definition) is 0. The van der Waals surface area contributed by atoms with Gasteiger partial charge in [0.25, 0.3) is 0 Å². The summed E-state index contributed by atoms with van der Waals surface area (Å²) in [5.41, 5.74) is 7.97. The molecule has 0 aromatic rings. The molecule has 166 valence electrons. The van der Waals surface area contributed by atoms with Crippen molar-refractivity contribution in [3.63, 3.8) is 0 Å². The van der Waals surface area contributed by atoms with Crippen molar-refractivity contribution in [2.75, 3.05) is 0 Å². The molecule has 0 aromatic carbocycles. The first-order valence-corrected chi connectivity index (χ1v) is 9.64. The molecular weight excluding hydrogens is 360 g/mol. The molecule has 0 atom stereocenters. The van der Waals surface area contributed by atoms with Gasteiger partial charge in [-0.1, -0.05) is 111 Å². The van der Waals surface area contributed by atoms with Gasteiger partial charge in [-0.15, -0.1) is 12.3 Å². The van der Waals surface area contributed by atoms with E-state index in [9.17, 15) is 0 Å². The minimum atomic E-state index is 0. The largest absolute Gasteiger partial charge is 0.125 e. The molecule has 0 unspecified atom stereocenters. The van der Waals surface area contributed by atoms with Crippen LogP contribution in [0.25, 0.3) is 0 Å². The molecule has 0 aliphatic heterocycles. The van der Waals surface area contributed by atoms with E-state index in [-0.39, 0.29) is 14.9 Å². The summed E-state index contributed by atoms with van der Waals surface area (Å²) in [4.78, 5) is 0. The van der Waals surface area contributed by atoms with Crippen molar-refractivity contribution in [2.45, 2.75) is 62.8 Å². The van der Waals surface area contributed by atoms with Crippen molar-refractivity contribution in [2.24, 2.45) is 0 Å². The van der Waals surface area contributed by atoms with Gasteiger partial charge in [-0.25, -0.2) is 0 Å². The highest BCUT2D eigenvalue weighted by Crippen LogP contribution is 2.05. The quantitative estimate of drug-likeness (QED) is 0.203. The molecule has 0 saturated carbocycles. The first-order valence-electron chi connectivity index (χ1n) is 9.64. The average Bonchev–Trinajstić information content (AvgIpc) is 2.66. The van der Waals surface area contributed by atoms with Crippen LogP contribution in [0, 0.1) is 0 Å². The van der Waals surface area contributed by atoms with Crippen molar-refractivity contribution in [1.82, 2.24) is 0 Å². The highest BCUT2D eigenvalue weighted by molar-refractivity contribution is 5.30. The van der Waals surface area contributed by atoms with Gasteiger partial charge in [0, 0.05) is 0 Å². The summed E-state index contributed by atoms with van der Waals surface area (Å²) >= 11 is 0. The van der Waals surface area contributed by atoms with Crippen LogP contribution in [-0.2, 0) is 0 Å². The van der Waals surface area contributed by atoms with Crippen LogP contribution in [0.4, 0.5) is 0 Å². The Hall–Kier alpha value is -2.82. The molecule has 30 heavy (non-hydrogen) atoms. The molecule has 0 nitrogen and oxygen atoms in total. The molecule has 0 aliphatic carbocycles. The Bertz CT molecular complexity index is 712. The van der Waals surface area contributed by atoms with Crippen molar-refractivity contribution in [1.29, 1.82) is 0 Å². The fourth-order valence-corrected chi connectivity index (χ4v) is 1.43. The van der Waals surface area contributed by atoms with E-state index in [0.717, 1.165) is 12.0 Å². The molecular formula is C30H46. The normalized spacial score (nSPS) is 10.9. The number of allylic oxidation sites excluding steroid dienone is 17. The predicted molar refractivity (Wildman–Crippen MR) is 145 cm³/mol. The van der Waals surface area contributed by atoms with Gasteiger partial charge < -0.3 is 0 Å². The molecule has 0 N–H and O–H groups in total. The van der Waals surface area contributed by atoms with Gasteiger partial charge in [-0.3, -0.25) is 0 Å². The number of rotatable bonds is 9. The second-order valence-corrected chi connectivity index (χ2v) is 6.40. The van der Waals surface area contributed by atoms with E-state index in [2.05, 4.69) is 70.9 Å². The fourth-order valence-electron chi connectivity index (χ4n) is 1.43. The van der Waals surface area contributed by atoms with Gasteiger partial charge in [-0.2, -0.15) is 0 Å². The Morgan fingerprint density at radius 1 is 0.800 bits per heavy atom. The SMILES string of the molecule is C.C.C=C(C)/C(C)=C\C=CC=CC(C)=C(C)C.C=CC/C=C\C=CC=CC=C=CC. The van der Waals surface area contributed by atoms with Gasteiger partial charge in [0.1, 0.15) is 0 Å². The summed E-state index contributed by atoms with van der Waals surface area (Å²) in [6.07, 6.45) is 28.8. The Balaban J connectivity index is -0.000000213. The average molecular weight is 407 g/mol. The van der Waals surface area contributed by atoms with Crippen LogP contribution in [0.15, 0.2) is 126 Å². The summed E-state index contributed by atoms with van der Waals surface area (Å²) in [5, 5.41) is 0. The zero-order valence-corrected chi connectivity index (χ0v) is 18.7. The van der Waals surface area contributed by atoms with Gasteiger partial charge in [0.05, 0.1) is 0 Å². The third-order valence-corrected chi connectivity index (χ3v) is 3.62. The van der Waals surface area contributed by atoms with Crippen LogP contribution >= 0.6 is 0 Å². The molecule has 0 radical (unpaired) electrons. The molecule has 0 heteroatoms. The van der Waals surface area contributed by atoms with Gasteiger partial charge in [0.2, 0.25) is 0 Å². The smallest absolute Gasteiger partial charge is 0.0169 e. The van der Waals surface area contributed by atoms with E-state index >= 15 is 0 Å². The topological polar surface area (TPSA) is 0 Å². The summed E-state index contributed by atoms with van der Waals surface area (Å²) in [5.74, 6) is 0. The van der Waals surface area contributed by atoms with Gasteiger partial charge >= 0.3 is 0 Å². The second-order valence-electron chi connectivity index (χ2n) is 6.40. The highest BCUT2D eigenvalue weighted by atomic mass is 13.9. The summed E-state index contributed by atoms with van der Waals surface area (Å²) in [6, 6.07) is 0. The third-order valence-electron chi connectivity index (χ3n) is 3.62. The first kappa shape index (κ1) is 34.7. The molecule has 0 saturated heterocycles. The van der Waals surface area contributed by atoms with Crippen molar-refractivity contribution in [3.05, 3.63) is 126 Å². The van der Waals surface area contributed by atoms with E-state index in [0.29, 0.717) is 0 Å². The lowest BCUT2D eigenvalue weighted by molar-refractivity contribution is 1.29. The van der Waals surface area contributed by atoms with Crippen molar-refractivity contribution in [3.8, 4) is 0 Å². The first-order chi connectivity index (χ1) is 13.4. The zero-order valence-electron chi connectivity index (χ0n) is 18.7. The van der Waals surface area contributed by atoms with Crippen LogP contribution < -0.4 is 0 Å². The maximum Gasteiger partial charge on any atom is -0.0169 e. The second kappa shape index (κ2) is 26.2. The van der Waals surface area contributed by atoms with E-state index in [1.165, 1.54) is 16.7 Å².